The fourth-order valence-electron chi connectivity index (χ4n) is 1.33. The molecule has 0 unspecified atom stereocenters. The van der Waals surface area contributed by atoms with E-state index in [1.165, 1.54) is 0 Å². The van der Waals surface area contributed by atoms with Crippen LogP contribution >= 0.6 is 0 Å². The molecule has 0 fully saturated rings. The van der Waals surface area contributed by atoms with Crippen LogP contribution in [-0.4, -0.2) is 20.1 Å². The zero-order valence-corrected chi connectivity index (χ0v) is 8.17. The molecule has 15 heavy (non-hydrogen) atoms. The topological polar surface area (TPSA) is 77.0 Å². The zero-order valence-electron chi connectivity index (χ0n) is 8.17. The lowest BCUT2D eigenvalue weighted by atomic mass is 10.1. The predicted molar refractivity (Wildman–Crippen MR) is 55.9 cm³/mol. The average molecular weight is 204 g/mol. The number of nitrogen functional groups attached to an aromatic ring is 1. The molecule has 2 aromatic rings. The maximum atomic E-state index is 8.88. The Labute approximate surface area is 87.1 Å². The van der Waals surface area contributed by atoms with E-state index in [-0.39, 0.29) is 6.61 Å². The molecule has 0 saturated carbocycles. The lowest BCUT2D eigenvalue weighted by Crippen LogP contribution is -2.00. The van der Waals surface area contributed by atoms with Crippen LogP contribution in [-0.2, 0) is 13.2 Å². The number of aromatic nitrogens is 3. The molecular formula is C10H12N4O. The van der Waals surface area contributed by atoms with Crippen LogP contribution in [0.15, 0.2) is 30.5 Å². The minimum atomic E-state index is 0.0660. The summed E-state index contributed by atoms with van der Waals surface area (Å²) in [6.07, 6.45) is 1.68. The van der Waals surface area contributed by atoms with Gasteiger partial charge in [-0.1, -0.05) is 29.5 Å². The molecule has 1 aromatic carbocycles. The standard InChI is InChI=1S/C10H12N4O/c11-10-6-14(13-12-10)5-8-1-3-9(7-15)4-2-8/h1-4,6,15H,5,7,11H2. The first-order valence-electron chi connectivity index (χ1n) is 4.62. The average Bonchev–Trinajstić information content (AvgIpc) is 2.65. The Kier molecular flexibility index (Phi) is 2.64. The fourth-order valence-corrected chi connectivity index (χ4v) is 1.33. The van der Waals surface area contributed by atoms with Gasteiger partial charge in [-0.2, -0.15) is 0 Å². The van der Waals surface area contributed by atoms with Crippen LogP contribution in [0.2, 0.25) is 0 Å². The molecule has 0 bridgehead atoms. The lowest BCUT2D eigenvalue weighted by molar-refractivity contribution is 0.282. The molecular weight excluding hydrogens is 192 g/mol. The quantitative estimate of drug-likeness (QED) is 0.758. The summed E-state index contributed by atoms with van der Waals surface area (Å²) >= 11 is 0. The molecule has 78 valence electrons. The first-order valence-corrected chi connectivity index (χ1v) is 4.62. The van der Waals surface area contributed by atoms with Crippen molar-refractivity contribution in [2.75, 3.05) is 5.73 Å². The van der Waals surface area contributed by atoms with E-state index in [1.54, 1.807) is 10.9 Å². The molecule has 3 N–H and O–H groups in total. The SMILES string of the molecule is Nc1cn(Cc2ccc(CO)cc2)nn1. The minimum Gasteiger partial charge on any atom is -0.392 e. The van der Waals surface area contributed by atoms with Crippen molar-refractivity contribution in [2.45, 2.75) is 13.2 Å². The molecule has 0 aliphatic rings. The number of aliphatic hydroxyl groups excluding tert-OH is 1. The highest BCUT2D eigenvalue weighted by Gasteiger charge is 1.98. The molecule has 0 saturated heterocycles. The van der Waals surface area contributed by atoms with Gasteiger partial charge >= 0.3 is 0 Å². The number of rotatable bonds is 3. The Morgan fingerprint density at radius 2 is 1.87 bits per heavy atom. The maximum absolute atomic E-state index is 8.88. The summed E-state index contributed by atoms with van der Waals surface area (Å²) in [7, 11) is 0. The highest BCUT2D eigenvalue weighted by atomic mass is 16.3. The first kappa shape index (κ1) is 9.67. The second-order valence-corrected chi connectivity index (χ2v) is 3.32. The van der Waals surface area contributed by atoms with Crippen molar-refractivity contribution in [3.63, 3.8) is 0 Å². The van der Waals surface area contributed by atoms with Crippen LogP contribution in [0.3, 0.4) is 0 Å². The van der Waals surface area contributed by atoms with E-state index in [1.807, 2.05) is 24.3 Å². The second-order valence-electron chi connectivity index (χ2n) is 3.32. The smallest absolute Gasteiger partial charge is 0.165 e. The minimum absolute atomic E-state index is 0.0660. The van der Waals surface area contributed by atoms with Gasteiger partial charge in [0.1, 0.15) is 0 Å². The molecule has 0 spiro atoms. The summed E-state index contributed by atoms with van der Waals surface area (Å²) in [4.78, 5) is 0. The number of hydrogen-bond acceptors (Lipinski definition) is 4. The van der Waals surface area contributed by atoms with Gasteiger partial charge in [-0.3, -0.25) is 0 Å². The molecule has 5 nitrogen and oxygen atoms in total. The Bertz CT molecular complexity index is 435. The number of benzene rings is 1. The largest absolute Gasteiger partial charge is 0.392 e. The van der Waals surface area contributed by atoms with Crippen LogP contribution in [0.25, 0.3) is 0 Å². The van der Waals surface area contributed by atoms with E-state index in [0.717, 1.165) is 11.1 Å². The molecule has 1 aromatic heterocycles. The van der Waals surface area contributed by atoms with E-state index in [2.05, 4.69) is 10.3 Å². The third-order valence-corrected chi connectivity index (χ3v) is 2.11. The molecule has 0 radical (unpaired) electrons. The number of aliphatic hydroxyl groups is 1. The monoisotopic (exact) mass is 204 g/mol. The Morgan fingerprint density at radius 1 is 1.20 bits per heavy atom. The van der Waals surface area contributed by atoms with Gasteiger partial charge < -0.3 is 10.8 Å². The van der Waals surface area contributed by atoms with E-state index >= 15 is 0 Å². The summed E-state index contributed by atoms with van der Waals surface area (Å²) in [5.74, 6) is 0.418. The van der Waals surface area contributed by atoms with Crippen LogP contribution in [0.1, 0.15) is 11.1 Å². The van der Waals surface area contributed by atoms with Crippen LogP contribution in [0.5, 0.6) is 0 Å². The third kappa shape index (κ3) is 2.32. The van der Waals surface area contributed by atoms with Crippen LogP contribution in [0.4, 0.5) is 5.82 Å². The molecule has 1 heterocycles. The zero-order chi connectivity index (χ0) is 10.7. The van der Waals surface area contributed by atoms with Crippen LogP contribution in [0, 0.1) is 0 Å². The molecule has 5 heteroatoms. The summed E-state index contributed by atoms with van der Waals surface area (Å²) in [6, 6.07) is 7.66. The van der Waals surface area contributed by atoms with Gasteiger partial charge in [0.15, 0.2) is 5.82 Å². The Hall–Kier alpha value is -1.88. The van der Waals surface area contributed by atoms with E-state index < -0.39 is 0 Å². The molecule has 0 atom stereocenters. The summed E-state index contributed by atoms with van der Waals surface area (Å²) < 4.78 is 1.67. The number of nitrogens with two attached hydrogens (primary N) is 1. The number of anilines is 1. The highest BCUT2D eigenvalue weighted by Crippen LogP contribution is 2.06. The number of hydrogen-bond donors (Lipinski definition) is 2. The fraction of sp³-hybridized carbons (Fsp3) is 0.200. The second kappa shape index (κ2) is 4.10. The van der Waals surface area contributed by atoms with Crippen molar-refractivity contribution in [2.24, 2.45) is 0 Å². The maximum Gasteiger partial charge on any atom is 0.165 e. The van der Waals surface area contributed by atoms with Gasteiger partial charge in [0.2, 0.25) is 0 Å². The van der Waals surface area contributed by atoms with E-state index in [4.69, 9.17) is 10.8 Å². The van der Waals surface area contributed by atoms with Crippen molar-refractivity contribution in [1.82, 2.24) is 15.0 Å². The van der Waals surface area contributed by atoms with Gasteiger partial charge in [-0.15, -0.1) is 5.10 Å². The van der Waals surface area contributed by atoms with Gasteiger partial charge in [0.05, 0.1) is 19.3 Å². The normalized spacial score (nSPS) is 10.5. The predicted octanol–water partition coefficient (Wildman–Crippen LogP) is 0.401. The van der Waals surface area contributed by atoms with E-state index in [9.17, 15) is 0 Å². The van der Waals surface area contributed by atoms with Gasteiger partial charge in [-0.25, -0.2) is 4.68 Å². The first-order chi connectivity index (χ1) is 7.28. The van der Waals surface area contributed by atoms with Crippen molar-refractivity contribution in [3.05, 3.63) is 41.6 Å². The van der Waals surface area contributed by atoms with Crippen LogP contribution < -0.4 is 5.73 Å². The van der Waals surface area contributed by atoms with Gasteiger partial charge in [0, 0.05) is 0 Å². The van der Waals surface area contributed by atoms with Gasteiger partial charge in [-0.05, 0) is 11.1 Å². The molecule has 2 rings (SSSR count). The number of nitrogens with zero attached hydrogens (tertiary/aromatic N) is 3. The third-order valence-electron chi connectivity index (χ3n) is 2.11. The van der Waals surface area contributed by atoms with E-state index in [0.29, 0.717) is 12.4 Å². The molecule has 0 amide bonds. The van der Waals surface area contributed by atoms with Crippen molar-refractivity contribution < 1.29 is 5.11 Å². The highest BCUT2D eigenvalue weighted by molar-refractivity contribution is 5.24. The summed E-state index contributed by atoms with van der Waals surface area (Å²) in [5.41, 5.74) is 7.44. The van der Waals surface area contributed by atoms with Crippen molar-refractivity contribution in [3.8, 4) is 0 Å². The summed E-state index contributed by atoms with van der Waals surface area (Å²) in [5, 5.41) is 16.4. The van der Waals surface area contributed by atoms with Gasteiger partial charge in [0.25, 0.3) is 0 Å². The molecule has 0 aliphatic carbocycles. The molecule has 0 aliphatic heterocycles. The lowest BCUT2D eigenvalue weighted by Gasteiger charge is -2.01. The Morgan fingerprint density at radius 3 is 2.40 bits per heavy atom. The van der Waals surface area contributed by atoms with Crippen molar-refractivity contribution in [1.29, 1.82) is 0 Å². The van der Waals surface area contributed by atoms with Crippen molar-refractivity contribution >= 4 is 5.82 Å². The Balaban J connectivity index is 2.11. The summed E-state index contributed by atoms with van der Waals surface area (Å²) in [6.45, 7) is 0.701.